The Kier molecular flexibility index (Phi) is 7.09. The minimum atomic E-state index is -3.61. The molecule has 0 aliphatic carbocycles. The number of hydrogen-bond donors (Lipinski definition) is 2. The summed E-state index contributed by atoms with van der Waals surface area (Å²) >= 11 is 0. The van der Waals surface area contributed by atoms with Crippen LogP contribution in [0.4, 0.5) is 5.69 Å². The molecule has 1 fully saturated rings. The highest BCUT2D eigenvalue weighted by Crippen LogP contribution is 2.23. The van der Waals surface area contributed by atoms with Crippen LogP contribution in [0, 0.1) is 0 Å². The van der Waals surface area contributed by atoms with Crippen molar-refractivity contribution in [3.05, 3.63) is 47.8 Å². The number of aromatic nitrogens is 1. The topological polar surface area (TPSA) is 101 Å². The number of nitrogens with zero attached hydrogens (tertiary/aromatic N) is 2. The second-order valence-corrected chi connectivity index (χ2v) is 10.8. The molecule has 1 saturated heterocycles. The van der Waals surface area contributed by atoms with Gasteiger partial charge in [-0.1, -0.05) is 13.3 Å². The summed E-state index contributed by atoms with van der Waals surface area (Å²) in [6.07, 6.45) is 5.01. The Hall–Kier alpha value is -2.65. The van der Waals surface area contributed by atoms with Gasteiger partial charge in [-0.05, 0) is 63.4 Å². The second-order valence-electron chi connectivity index (χ2n) is 8.86. The van der Waals surface area contributed by atoms with E-state index in [0.29, 0.717) is 24.3 Å². The molecule has 2 heterocycles. The maximum Gasteiger partial charge on any atom is 0.272 e. The van der Waals surface area contributed by atoms with E-state index in [-0.39, 0.29) is 22.0 Å². The molecule has 8 nitrogen and oxygen atoms in total. The normalized spacial score (nSPS) is 15.4. The summed E-state index contributed by atoms with van der Waals surface area (Å²) in [6, 6.07) is 8.01. The summed E-state index contributed by atoms with van der Waals surface area (Å²) in [6.45, 7) is 6.94. The van der Waals surface area contributed by atoms with Gasteiger partial charge in [-0.3, -0.25) is 9.59 Å². The van der Waals surface area contributed by atoms with Crippen molar-refractivity contribution in [2.75, 3.05) is 18.4 Å². The Balaban J connectivity index is 1.70. The first-order valence-corrected chi connectivity index (χ1v) is 12.4. The van der Waals surface area contributed by atoms with Gasteiger partial charge in [0.15, 0.2) is 0 Å². The number of hydrogen-bond acceptors (Lipinski definition) is 4. The average Bonchev–Trinajstić information content (AvgIpc) is 3.17. The minimum absolute atomic E-state index is 0.123. The van der Waals surface area contributed by atoms with Crippen LogP contribution in [0.1, 0.15) is 67.3 Å². The van der Waals surface area contributed by atoms with E-state index < -0.39 is 15.9 Å². The number of anilines is 1. The lowest BCUT2D eigenvalue weighted by Crippen LogP contribution is -2.42. The van der Waals surface area contributed by atoms with Crippen LogP contribution >= 0.6 is 0 Å². The Morgan fingerprint density at radius 1 is 1.03 bits per heavy atom. The van der Waals surface area contributed by atoms with Gasteiger partial charge in [-0.25, -0.2) is 8.42 Å². The largest absolute Gasteiger partial charge is 0.347 e. The molecule has 0 unspecified atom stereocenters. The zero-order valence-corrected chi connectivity index (χ0v) is 20.0. The highest BCUT2D eigenvalue weighted by molar-refractivity contribution is 7.89. The van der Waals surface area contributed by atoms with Crippen LogP contribution in [0.25, 0.3) is 0 Å². The summed E-state index contributed by atoms with van der Waals surface area (Å²) in [5, 5.41) is 5.74. The van der Waals surface area contributed by atoms with Crippen LogP contribution in [-0.2, 0) is 17.1 Å². The number of sulfonamides is 1. The van der Waals surface area contributed by atoms with Crippen molar-refractivity contribution in [2.24, 2.45) is 7.05 Å². The molecule has 2 amide bonds. The van der Waals surface area contributed by atoms with Crippen LogP contribution in [0.2, 0.25) is 0 Å². The molecule has 0 radical (unpaired) electrons. The highest BCUT2D eigenvalue weighted by Gasteiger charge is 2.28. The van der Waals surface area contributed by atoms with Crippen LogP contribution in [-0.4, -0.2) is 47.7 Å². The number of amides is 2. The van der Waals surface area contributed by atoms with Crippen molar-refractivity contribution >= 4 is 27.5 Å². The molecule has 1 aromatic heterocycles. The zero-order chi connectivity index (χ0) is 23.5. The molecular weight excluding hydrogens is 428 g/mol. The molecule has 2 N–H and O–H groups in total. The lowest BCUT2D eigenvalue weighted by atomic mass is 10.0. The van der Waals surface area contributed by atoms with E-state index in [2.05, 4.69) is 10.6 Å². The fourth-order valence-corrected chi connectivity index (χ4v) is 5.11. The smallest absolute Gasteiger partial charge is 0.272 e. The number of carbonyl (C=O) groups excluding carboxylic acids is 2. The number of piperidine rings is 1. The maximum absolute atomic E-state index is 12.9. The number of nitrogens with one attached hydrogen (secondary N) is 2. The van der Waals surface area contributed by atoms with Crippen molar-refractivity contribution in [2.45, 2.75) is 56.9 Å². The summed E-state index contributed by atoms with van der Waals surface area (Å²) < 4.78 is 28.8. The van der Waals surface area contributed by atoms with E-state index >= 15 is 0 Å². The lowest BCUT2D eigenvalue weighted by Gasteiger charge is -2.25. The molecule has 1 aliphatic heterocycles. The average molecular weight is 461 g/mol. The molecule has 0 bridgehead atoms. The van der Waals surface area contributed by atoms with E-state index in [1.54, 1.807) is 31.3 Å². The third-order valence-corrected chi connectivity index (χ3v) is 7.77. The van der Waals surface area contributed by atoms with Crippen molar-refractivity contribution < 1.29 is 18.0 Å². The molecule has 174 valence electrons. The standard InChI is InChI=1S/C23H32N4O4S/c1-5-23(2,3)25-21(28)17-9-11-18(12-10-17)24-22(29)20-15-19(16-26(20)4)32(30,31)27-13-7-6-8-14-27/h9-12,15-16H,5-8,13-14H2,1-4H3,(H,24,29)(H,25,28). The van der Waals surface area contributed by atoms with Gasteiger partial charge in [-0.15, -0.1) is 0 Å². The monoisotopic (exact) mass is 460 g/mol. The van der Waals surface area contributed by atoms with Crippen molar-refractivity contribution in [1.29, 1.82) is 0 Å². The van der Waals surface area contributed by atoms with E-state index in [4.69, 9.17) is 0 Å². The Morgan fingerprint density at radius 3 is 2.25 bits per heavy atom. The van der Waals surface area contributed by atoms with Crippen LogP contribution in [0.5, 0.6) is 0 Å². The van der Waals surface area contributed by atoms with Gasteiger partial charge < -0.3 is 15.2 Å². The first-order chi connectivity index (χ1) is 15.0. The Morgan fingerprint density at radius 2 is 1.66 bits per heavy atom. The van der Waals surface area contributed by atoms with Crippen LogP contribution in [0.15, 0.2) is 41.4 Å². The van der Waals surface area contributed by atoms with Crippen LogP contribution < -0.4 is 10.6 Å². The van der Waals surface area contributed by atoms with E-state index in [1.807, 2.05) is 20.8 Å². The predicted octanol–water partition coefficient (Wildman–Crippen LogP) is 3.37. The summed E-state index contributed by atoms with van der Waals surface area (Å²) in [5.41, 5.74) is 0.955. The predicted molar refractivity (Wildman–Crippen MR) is 124 cm³/mol. The summed E-state index contributed by atoms with van der Waals surface area (Å²) in [4.78, 5) is 25.3. The lowest BCUT2D eigenvalue weighted by molar-refractivity contribution is 0.0910. The third-order valence-electron chi connectivity index (χ3n) is 5.91. The summed E-state index contributed by atoms with van der Waals surface area (Å²) in [5.74, 6) is -0.596. The van der Waals surface area contributed by atoms with Crippen molar-refractivity contribution in [3.63, 3.8) is 0 Å². The quantitative estimate of drug-likeness (QED) is 0.662. The van der Waals surface area contributed by atoms with Gasteiger partial charge >= 0.3 is 0 Å². The van der Waals surface area contributed by atoms with Gasteiger partial charge in [0.25, 0.3) is 11.8 Å². The second kappa shape index (κ2) is 9.46. The number of aryl methyl sites for hydroxylation is 1. The van der Waals surface area contributed by atoms with Crippen molar-refractivity contribution in [3.8, 4) is 0 Å². The molecule has 1 aliphatic rings. The number of rotatable bonds is 7. The fraction of sp³-hybridized carbons (Fsp3) is 0.478. The van der Waals surface area contributed by atoms with E-state index in [0.717, 1.165) is 25.7 Å². The first kappa shape index (κ1) is 24.0. The molecular formula is C23H32N4O4S. The molecule has 0 saturated carbocycles. The minimum Gasteiger partial charge on any atom is -0.347 e. The van der Waals surface area contributed by atoms with E-state index in [9.17, 15) is 18.0 Å². The number of benzene rings is 1. The fourth-order valence-electron chi connectivity index (χ4n) is 3.52. The van der Waals surface area contributed by atoms with Crippen LogP contribution in [0.3, 0.4) is 0 Å². The van der Waals surface area contributed by atoms with Gasteiger partial charge in [-0.2, -0.15) is 4.31 Å². The molecule has 1 aromatic carbocycles. The van der Waals surface area contributed by atoms with Crippen molar-refractivity contribution in [1.82, 2.24) is 14.2 Å². The Labute approximate surface area is 190 Å². The molecule has 3 rings (SSSR count). The maximum atomic E-state index is 12.9. The Bertz CT molecular complexity index is 1080. The molecule has 9 heteroatoms. The molecule has 32 heavy (non-hydrogen) atoms. The van der Waals surface area contributed by atoms with Gasteiger partial charge in [0.2, 0.25) is 10.0 Å². The van der Waals surface area contributed by atoms with Gasteiger partial charge in [0.05, 0.1) is 0 Å². The van der Waals surface area contributed by atoms with Gasteiger partial charge in [0, 0.05) is 43.1 Å². The number of carbonyl (C=O) groups is 2. The molecule has 2 aromatic rings. The van der Waals surface area contributed by atoms with E-state index in [1.165, 1.54) is 21.1 Å². The van der Waals surface area contributed by atoms with Gasteiger partial charge in [0.1, 0.15) is 10.6 Å². The SMILES string of the molecule is CCC(C)(C)NC(=O)c1ccc(NC(=O)c2cc(S(=O)(=O)N3CCCCC3)cn2C)cc1. The summed E-state index contributed by atoms with van der Waals surface area (Å²) in [7, 11) is -1.97. The zero-order valence-electron chi connectivity index (χ0n) is 19.1. The third kappa shape index (κ3) is 5.39. The highest BCUT2D eigenvalue weighted by atomic mass is 32.2. The molecule has 0 spiro atoms. The molecule has 0 atom stereocenters. The first-order valence-electron chi connectivity index (χ1n) is 10.9.